The number of pyridine rings is 1. The number of aromatic nitrogens is 3. The van der Waals surface area contributed by atoms with E-state index in [1.807, 2.05) is 43.0 Å². The van der Waals surface area contributed by atoms with Crippen LogP contribution in [0.4, 0.5) is 13.2 Å². The van der Waals surface area contributed by atoms with E-state index in [9.17, 15) is 18.0 Å². The summed E-state index contributed by atoms with van der Waals surface area (Å²) in [7, 11) is 0. The van der Waals surface area contributed by atoms with E-state index in [4.69, 9.17) is 4.52 Å². The zero-order valence-electron chi connectivity index (χ0n) is 19.8. The zero-order valence-corrected chi connectivity index (χ0v) is 19.8. The minimum absolute atomic E-state index is 0.0274. The van der Waals surface area contributed by atoms with Gasteiger partial charge in [-0.05, 0) is 44.2 Å². The Kier molecular flexibility index (Phi) is 6.21. The van der Waals surface area contributed by atoms with Crippen LogP contribution in [0.25, 0.3) is 22.3 Å². The van der Waals surface area contributed by atoms with E-state index in [0.717, 1.165) is 34.3 Å². The normalized spacial score (nSPS) is 15.0. The monoisotopic (exact) mass is 495 g/mol. The van der Waals surface area contributed by atoms with Crippen LogP contribution >= 0.6 is 0 Å². The molecule has 1 fully saturated rings. The van der Waals surface area contributed by atoms with Crippen molar-refractivity contribution in [1.29, 1.82) is 0 Å². The molecule has 186 valence electrons. The Morgan fingerprint density at radius 3 is 2.53 bits per heavy atom. The van der Waals surface area contributed by atoms with Crippen molar-refractivity contribution < 1.29 is 22.5 Å². The number of hydrogen-bond donors (Lipinski definition) is 0. The number of fused-ring (bicyclic) bond motifs is 1. The molecule has 7 nitrogen and oxygen atoms in total. The van der Waals surface area contributed by atoms with Gasteiger partial charge in [0.15, 0.2) is 0 Å². The van der Waals surface area contributed by atoms with Gasteiger partial charge in [-0.15, -0.1) is 0 Å². The maximum atomic E-state index is 13.4. The number of halogens is 3. The standard InChI is InChI=1S/C26H24F3N5O2/c1-16-6-7-22-20(12-16)21(13-17(2)30-22)25(35)34-10-8-33(9-11-34)15-23-31-24(32-36-23)18-4-3-5-19(14-18)26(27,28)29/h3-7,12-14H,8-11,15H2,1-2H3. The second-order valence-corrected chi connectivity index (χ2v) is 8.99. The average molecular weight is 496 g/mol. The predicted octanol–water partition coefficient (Wildman–Crippen LogP) is 4.88. The minimum Gasteiger partial charge on any atom is -0.338 e. The molecule has 3 heterocycles. The summed E-state index contributed by atoms with van der Waals surface area (Å²) in [4.78, 5) is 26.1. The topological polar surface area (TPSA) is 75.4 Å². The molecule has 1 amide bonds. The summed E-state index contributed by atoms with van der Waals surface area (Å²) < 4.78 is 44.3. The molecule has 0 saturated carbocycles. The van der Waals surface area contributed by atoms with Gasteiger partial charge in [-0.25, -0.2) is 0 Å². The molecule has 5 rings (SSSR count). The van der Waals surface area contributed by atoms with E-state index in [0.29, 0.717) is 44.2 Å². The Bertz CT molecular complexity index is 1420. The number of carbonyl (C=O) groups excluding carboxylic acids is 1. The third-order valence-electron chi connectivity index (χ3n) is 6.26. The molecular formula is C26H24F3N5O2. The number of benzene rings is 2. The first-order chi connectivity index (χ1) is 17.2. The van der Waals surface area contributed by atoms with Crippen molar-refractivity contribution >= 4 is 16.8 Å². The van der Waals surface area contributed by atoms with Gasteiger partial charge in [0, 0.05) is 42.8 Å². The van der Waals surface area contributed by atoms with Crippen LogP contribution in [0.2, 0.25) is 0 Å². The molecule has 1 aliphatic rings. The summed E-state index contributed by atoms with van der Waals surface area (Å²) in [6.45, 7) is 6.49. The molecule has 36 heavy (non-hydrogen) atoms. The van der Waals surface area contributed by atoms with Crippen LogP contribution in [0.15, 0.2) is 53.1 Å². The second kappa shape index (κ2) is 9.34. The van der Waals surface area contributed by atoms with Gasteiger partial charge in [0.25, 0.3) is 5.91 Å². The van der Waals surface area contributed by atoms with Crippen LogP contribution in [0.3, 0.4) is 0 Å². The fourth-order valence-electron chi connectivity index (χ4n) is 4.39. The number of alkyl halides is 3. The van der Waals surface area contributed by atoms with Crippen molar-refractivity contribution in [3.05, 3.63) is 76.8 Å². The van der Waals surface area contributed by atoms with E-state index >= 15 is 0 Å². The maximum Gasteiger partial charge on any atom is 0.416 e. The lowest BCUT2D eigenvalue weighted by Gasteiger charge is -2.34. The lowest BCUT2D eigenvalue weighted by molar-refractivity contribution is -0.137. The lowest BCUT2D eigenvalue weighted by atomic mass is 10.0. The molecule has 2 aromatic heterocycles. The quantitative estimate of drug-likeness (QED) is 0.402. The summed E-state index contributed by atoms with van der Waals surface area (Å²) in [6.07, 6.45) is -4.44. The Labute approximate surface area is 205 Å². The summed E-state index contributed by atoms with van der Waals surface area (Å²) >= 11 is 0. The number of piperazine rings is 1. The molecule has 0 spiro atoms. The molecule has 1 saturated heterocycles. The smallest absolute Gasteiger partial charge is 0.338 e. The van der Waals surface area contributed by atoms with Crippen molar-refractivity contribution in [3.63, 3.8) is 0 Å². The summed E-state index contributed by atoms with van der Waals surface area (Å²) in [5.41, 5.74) is 2.79. The first-order valence-electron chi connectivity index (χ1n) is 11.6. The molecule has 0 bridgehead atoms. The molecule has 0 radical (unpaired) electrons. The molecule has 0 N–H and O–H groups in total. The van der Waals surface area contributed by atoms with Crippen LogP contribution < -0.4 is 0 Å². The number of nitrogens with zero attached hydrogens (tertiary/aromatic N) is 5. The van der Waals surface area contributed by atoms with Crippen molar-refractivity contribution in [2.24, 2.45) is 0 Å². The van der Waals surface area contributed by atoms with E-state index < -0.39 is 11.7 Å². The number of rotatable bonds is 4. The maximum absolute atomic E-state index is 13.4. The van der Waals surface area contributed by atoms with Gasteiger partial charge in [0.2, 0.25) is 11.7 Å². The van der Waals surface area contributed by atoms with Crippen LogP contribution in [0.5, 0.6) is 0 Å². The third kappa shape index (κ3) is 4.94. The van der Waals surface area contributed by atoms with Crippen LogP contribution in [-0.2, 0) is 12.7 Å². The molecular weight excluding hydrogens is 471 g/mol. The van der Waals surface area contributed by atoms with Crippen LogP contribution in [0, 0.1) is 13.8 Å². The summed E-state index contributed by atoms with van der Waals surface area (Å²) in [5.74, 6) is 0.397. The van der Waals surface area contributed by atoms with Gasteiger partial charge >= 0.3 is 6.18 Å². The van der Waals surface area contributed by atoms with Crippen molar-refractivity contribution in [2.45, 2.75) is 26.6 Å². The van der Waals surface area contributed by atoms with E-state index in [1.54, 1.807) is 0 Å². The van der Waals surface area contributed by atoms with E-state index in [2.05, 4.69) is 20.0 Å². The van der Waals surface area contributed by atoms with Crippen molar-refractivity contribution in [2.75, 3.05) is 26.2 Å². The zero-order chi connectivity index (χ0) is 25.4. The van der Waals surface area contributed by atoms with Gasteiger partial charge in [-0.1, -0.05) is 28.9 Å². The fraction of sp³-hybridized carbons (Fsp3) is 0.308. The van der Waals surface area contributed by atoms with Gasteiger partial charge in [-0.3, -0.25) is 14.7 Å². The fourth-order valence-corrected chi connectivity index (χ4v) is 4.39. The Morgan fingerprint density at radius 2 is 1.78 bits per heavy atom. The Balaban J connectivity index is 1.24. The molecule has 2 aromatic carbocycles. The third-order valence-corrected chi connectivity index (χ3v) is 6.26. The highest BCUT2D eigenvalue weighted by atomic mass is 19.4. The summed E-state index contributed by atoms with van der Waals surface area (Å²) in [5, 5.41) is 4.70. The molecule has 10 heteroatoms. The first kappa shape index (κ1) is 23.9. The highest BCUT2D eigenvalue weighted by Gasteiger charge is 2.31. The highest BCUT2D eigenvalue weighted by Crippen LogP contribution is 2.31. The van der Waals surface area contributed by atoms with Crippen LogP contribution in [0.1, 0.15) is 33.1 Å². The molecule has 4 aromatic rings. The highest BCUT2D eigenvalue weighted by molar-refractivity contribution is 6.06. The lowest BCUT2D eigenvalue weighted by Crippen LogP contribution is -2.48. The number of hydrogen-bond acceptors (Lipinski definition) is 6. The first-order valence-corrected chi connectivity index (χ1v) is 11.6. The molecule has 1 aliphatic heterocycles. The van der Waals surface area contributed by atoms with E-state index in [1.165, 1.54) is 12.1 Å². The second-order valence-electron chi connectivity index (χ2n) is 8.99. The molecule has 0 unspecified atom stereocenters. The van der Waals surface area contributed by atoms with Gasteiger partial charge in [0.1, 0.15) is 0 Å². The summed E-state index contributed by atoms with van der Waals surface area (Å²) in [6, 6.07) is 12.6. The van der Waals surface area contributed by atoms with Gasteiger partial charge < -0.3 is 9.42 Å². The van der Waals surface area contributed by atoms with Gasteiger partial charge in [-0.2, -0.15) is 18.2 Å². The minimum atomic E-state index is -4.44. The SMILES string of the molecule is Cc1ccc2nc(C)cc(C(=O)N3CCN(Cc4nc(-c5cccc(C(F)(F)F)c5)no4)CC3)c2c1. The van der Waals surface area contributed by atoms with E-state index in [-0.39, 0.29) is 17.3 Å². The number of aryl methyl sites for hydroxylation is 2. The average Bonchev–Trinajstić information content (AvgIpc) is 3.32. The molecule has 0 aliphatic carbocycles. The Hall–Kier alpha value is -3.79. The van der Waals surface area contributed by atoms with Gasteiger partial charge in [0.05, 0.1) is 23.2 Å². The number of carbonyl (C=O) groups is 1. The largest absolute Gasteiger partial charge is 0.416 e. The predicted molar refractivity (Wildman–Crippen MR) is 127 cm³/mol. The van der Waals surface area contributed by atoms with Crippen molar-refractivity contribution in [1.82, 2.24) is 24.9 Å². The van der Waals surface area contributed by atoms with Crippen LogP contribution in [-0.4, -0.2) is 57.0 Å². The molecule has 0 atom stereocenters. The Morgan fingerprint density at radius 1 is 1.00 bits per heavy atom. The van der Waals surface area contributed by atoms with Crippen molar-refractivity contribution in [3.8, 4) is 11.4 Å². The number of amides is 1.